The quantitative estimate of drug-likeness (QED) is 0.465. The standard InChI is InChI=1S/C25H31ClN6O4S.ClH/c1-31(2)25(36)14-7-8-17(28-22(34)21(33)27-16-6-4-5-15(26)12-16)19(11-14)29-23(35)24-30-18-9-10-32(3)13-20(18)37-24;/h4-6,12,14,17,19H,7-11,13H2,1-3H3,(H,27,33)(H,28,34)(H,29,35);1H/t14-,17-,19+;/m0./s1. The molecule has 4 amide bonds. The van der Waals surface area contributed by atoms with Crippen LogP contribution in [0.1, 0.15) is 39.6 Å². The molecule has 1 aliphatic heterocycles. The zero-order valence-electron chi connectivity index (χ0n) is 21.5. The molecule has 10 nitrogen and oxygen atoms in total. The fourth-order valence-corrected chi connectivity index (χ4v) is 6.01. The summed E-state index contributed by atoms with van der Waals surface area (Å²) >= 11 is 7.32. The summed E-state index contributed by atoms with van der Waals surface area (Å²) in [7, 11) is 5.42. The molecule has 3 atom stereocenters. The first-order chi connectivity index (χ1) is 17.6. The lowest BCUT2D eigenvalue weighted by atomic mass is 9.81. The second kappa shape index (κ2) is 12.9. The smallest absolute Gasteiger partial charge is 0.313 e. The van der Waals surface area contributed by atoms with Gasteiger partial charge in [0.2, 0.25) is 5.91 Å². The van der Waals surface area contributed by atoms with Crippen molar-refractivity contribution in [3.8, 4) is 0 Å². The zero-order valence-corrected chi connectivity index (χ0v) is 23.8. The van der Waals surface area contributed by atoms with E-state index in [1.807, 2.05) is 7.05 Å². The Bertz CT molecular complexity index is 1210. The summed E-state index contributed by atoms with van der Waals surface area (Å²) in [4.78, 5) is 60.4. The maximum Gasteiger partial charge on any atom is 0.313 e. The van der Waals surface area contributed by atoms with Gasteiger partial charge in [0, 0.05) is 61.2 Å². The average Bonchev–Trinajstić information content (AvgIpc) is 3.28. The minimum Gasteiger partial charge on any atom is -0.349 e. The monoisotopic (exact) mass is 582 g/mol. The van der Waals surface area contributed by atoms with Gasteiger partial charge < -0.3 is 25.8 Å². The second-order valence-corrected chi connectivity index (χ2v) is 11.3. The summed E-state index contributed by atoms with van der Waals surface area (Å²) in [5.41, 5.74) is 1.34. The summed E-state index contributed by atoms with van der Waals surface area (Å²) in [6.45, 7) is 1.64. The lowest BCUT2D eigenvalue weighted by Gasteiger charge is -2.37. The van der Waals surface area contributed by atoms with E-state index >= 15 is 0 Å². The van der Waals surface area contributed by atoms with E-state index in [9.17, 15) is 19.2 Å². The highest BCUT2D eigenvalue weighted by Crippen LogP contribution is 2.28. The van der Waals surface area contributed by atoms with Gasteiger partial charge in [-0.05, 0) is 44.5 Å². The number of thiazole rings is 1. The molecule has 1 fully saturated rings. The highest BCUT2D eigenvalue weighted by atomic mass is 35.5. The number of halogens is 2. The molecule has 206 valence electrons. The van der Waals surface area contributed by atoms with Crippen molar-refractivity contribution in [2.45, 2.75) is 44.3 Å². The number of hydrogen-bond acceptors (Lipinski definition) is 7. The fraction of sp³-hybridized carbons (Fsp3) is 0.480. The van der Waals surface area contributed by atoms with E-state index in [4.69, 9.17) is 11.6 Å². The van der Waals surface area contributed by atoms with Gasteiger partial charge in [-0.15, -0.1) is 23.7 Å². The van der Waals surface area contributed by atoms with Gasteiger partial charge in [-0.2, -0.15) is 0 Å². The van der Waals surface area contributed by atoms with Gasteiger partial charge in [0.25, 0.3) is 5.91 Å². The third-order valence-corrected chi connectivity index (χ3v) is 7.99. The first kappa shape index (κ1) is 29.8. The third kappa shape index (κ3) is 7.22. The molecule has 0 unspecified atom stereocenters. The Morgan fingerprint density at radius 2 is 1.87 bits per heavy atom. The molecule has 1 aliphatic carbocycles. The number of likely N-dealkylation sites (N-methyl/N-ethyl adjacent to an activating group) is 1. The molecule has 13 heteroatoms. The van der Waals surface area contributed by atoms with Crippen molar-refractivity contribution in [2.75, 3.05) is 33.0 Å². The Kier molecular flexibility index (Phi) is 10.1. The molecule has 3 N–H and O–H groups in total. The van der Waals surface area contributed by atoms with Gasteiger partial charge >= 0.3 is 11.8 Å². The molecular weight excluding hydrogens is 551 g/mol. The molecule has 2 aliphatic rings. The van der Waals surface area contributed by atoms with Crippen LogP contribution < -0.4 is 16.0 Å². The number of benzene rings is 1. The van der Waals surface area contributed by atoms with Crippen LogP contribution in [0.3, 0.4) is 0 Å². The molecule has 0 bridgehead atoms. The fourth-order valence-electron chi connectivity index (χ4n) is 4.73. The van der Waals surface area contributed by atoms with Crippen LogP contribution in [0.4, 0.5) is 5.69 Å². The van der Waals surface area contributed by atoms with E-state index in [2.05, 4.69) is 25.8 Å². The number of hydrogen-bond donors (Lipinski definition) is 3. The molecule has 1 aromatic carbocycles. The number of nitrogens with one attached hydrogen (secondary N) is 3. The molecule has 0 spiro atoms. The van der Waals surface area contributed by atoms with Crippen molar-refractivity contribution in [1.82, 2.24) is 25.4 Å². The molecule has 38 heavy (non-hydrogen) atoms. The summed E-state index contributed by atoms with van der Waals surface area (Å²) < 4.78 is 0. The average molecular weight is 584 g/mol. The van der Waals surface area contributed by atoms with Gasteiger partial charge in [-0.3, -0.25) is 19.2 Å². The van der Waals surface area contributed by atoms with Crippen LogP contribution in [0.15, 0.2) is 24.3 Å². The number of rotatable bonds is 5. The number of carbonyl (C=O) groups excluding carboxylic acids is 4. The van der Waals surface area contributed by atoms with Crippen molar-refractivity contribution in [3.05, 3.63) is 44.9 Å². The van der Waals surface area contributed by atoms with Gasteiger partial charge in [0.15, 0.2) is 5.01 Å². The van der Waals surface area contributed by atoms with Crippen LogP contribution >= 0.6 is 35.3 Å². The Balaban J connectivity index is 0.00000400. The SMILES string of the molecule is CN1CCc2nc(C(=O)N[C@@H]3C[C@@H](C(=O)N(C)C)CC[C@@H]3NC(=O)C(=O)Nc3cccc(Cl)c3)sc2C1.Cl. The van der Waals surface area contributed by atoms with E-state index in [0.29, 0.717) is 35.0 Å². The largest absolute Gasteiger partial charge is 0.349 e. The Hall–Kier alpha value is -2.73. The molecular formula is C25H32Cl2N6O4S. The molecule has 1 aromatic heterocycles. The highest BCUT2D eigenvalue weighted by Gasteiger charge is 2.37. The molecule has 0 saturated heterocycles. The van der Waals surface area contributed by atoms with Crippen LogP contribution in [0, 0.1) is 5.92 Å². The van der Waals surface area contributed by atoms with Gasteiger partial charge in [-0.1, -0.05) is 17.7 Å². The van der Waals surface area contributed by atoms with Crippen molar-refractivity contribution in [3.63, 3.8) is 0 Å². The Labute approximate surface area is 236 Å². The van der Waals surface area contributed by atoms with Crippen LogP contribution in [-0.2, 0) is 27.3 Å². The number of amides is 4. The van der Waals surface area contributed by atoms with E-state index in [0.717, 1.165) is 30.1 Å². The van der Waals surface area contributed by atoms with Gasteiger partial charge in [0.05, 0.1) is 11.7 Å². The molecule has 4 rings (SSSR count). The first-order valence-electron chi connectivity index (χ1n) is 12.2. The van der Waals surface area contributed by atoms with E-state index in [1.165, 1.54) is 16.2 Å². The molecule has 1 saturated carbocycles. The minimum absolute atomic E-state index is 0. The zero-order chi connectivity index (χ0) is 26.7. The van der Waals surface area contributed by atoms with Crippen molar-refractivity contribution in [1.29, 1.82) is 0 Å². The summed E-state index contributed by atoms with van der Waals surface area (Å²) in [5.74, 6) is -2.33. The lowest BCUT2D eigenvalue weighted by Crippen LogP contribution is -2.57. The molecule has 2 heterocycles. The normalized spacial score (nSPS) is 20.9. The summed E-state index contributed by atoms with van der Waals surface area (Å²) in [6, 6.07) is 5.44. The first-order valence-corrected chi connectivity index (χ1v) is 13.4. The topological polar surface area (TPSA) is 124 Å². The molecule has 2 aromatic rings. The van der Waals surface area contributed by atoms with Crippen molar-refractivity contribution in [2.24, 2.45) is 5.92 Å². The maximum atomic E-state index is 13.2. The van der Waals surface area contributed by atoms with Crippen LogP contribution in [0.5, 0.6) is 0 Å². The lowest BCUT2D eigenvalue weighted by molar-refractivity contribution is -0.137. The van der Waals surface area contributed by atoms with Crippen LogP contribution in [0.2, 0.25) is 5.02 Å². The van der Waals surface area contributed by atoms with E-state index < -0.39 is 23.9 Å². The number of anilines is 1. The Morgan fingerprint density at radius 1 is 1.11 bits per heavy atom. The van der Waals surface area contributed by atoms with E-state index in [1.54, 1.807) is 38.4 Å². The predicted octanol–water partition coefficient (Wildman–Crippen LogP) is 2.32. The maximum absolute atomic E-state index is 13.2. The predicted molar refractivity (Wildman–Crippen MR) is 149 cm³/mol. The van der Waals surface area contributed by atoms with Crippen LogP contribution in [0.25, 0.3) is 0 Å². The van der Waals surface area contributed by atoms with Crippen LogP contribution in [-0.4, -0.2) is 78.2 Å². The number of aromatic nitrogens is 1. The number of carbonyl (C=O) groups is 4. The highest BCUT2D eigenvalue weighted by molar-refractivity contribution is 7.13. The minimum atomic E-state index is -0.837. The molecule has 0 radical (unpaired) electrons. The third-order valence-electron chi connectivity index (χ3n) is 6.68. The summed E-state index contributed by atoms with van der Waals surface area (Å²) in [6.07, 6.45) is 2.10. The second-order valence-electron chi connectivity index (χ2n) is 9.74. The van der Waals surface area contributed by atoms with E-state index in [-0.39, 0.29) is 30.1 Å². The number of nitrogens with zero attached hydrogens (tertiary/aromatic N) is 3. The Morgan fingerprint density at radius 3 is 2.58 bits per heavy atom. The van der Waals surface area contributed by atoms with Gasteiger partial charge in [0.1, 0.15) is 0 Å². The summed E-state index contributed by atoms with van der Waals surface area (Å²) in [5, 5.41) is 9.08. The van der Waals surface area contributed by atoms with Crippen molar-refractivity contribution >= 4 is 64.7 Å². The van der Waals surface area contributed by atoms with Crippen molar-refractivity contribution < 1.29 is 19.2 Å². The van der Waals surface area contributed by atoms with Gasteiger partial charge in [-0.25, -0.2) is 4.98 Å². The number of fused-ring (bicyclic) bond motifs is 1.